The lowest BCUT2D eigenvalue weighted by Crippen LogP contribution is -2.20. The van der Waals surface area contributed by atoms with E-state index in [1.807, 2.05) is 31.2 Å². The van der Waals surface area contributed by atoms with Crippen LogP contribution < -0.4 is 10.1 Å². The van der Waals surface area contributed by atoms with E-state index in [4.69, 9.17) is 4.74 Å². The van der Waals surface area contributed by atoms with E-state index in [0.717, 1.165) is 20.4 Å². The highest BCUT2D eigenvalue weighted by Gasteiger charge is 2.10. The Hall–Kier alpha value is -2.13. The highest BCUT2D eigenvalue weighted by Crippen LogP contribution is 2.17. The molecule has 1 amide bonds. The van der Waals surface area contributed by atoms with Gasteiger partial charge in [0.2, 0.25) is 5.91 Å². The molecule has 3 rings (SSSR count). The summed E-state index contributed by atoms with van der Waals surface area (Å²) in [4.78, 5) is 12.1. The van der Waals surface area contributed by atoms with E-state index in [9.17, 15) is 4.79 Å². The van der Waals surface area contributed by atoms with Crippen molar-refractivity contribution in [3.05, 3.63) is 57.5 Å². The first-order chi connectivity index (χ1) is 12.0. The Morgan fingerprint density at radius 1 is 1.20 bits per heavy atom. The predicted molar refractivity (Wildman–Crippen MR) is 100 cm³/mol. The minimum absolute atomic E-state index is 0.137. The number of halogens is 2. The summed E-state index contributed by atoms with van der Waals surface area (Å²) >= 11 is 6.75. The highest BCUT2D eigenvalue weighted by molar-refractivity contribution is 9.10. The first kappa shape index (κ1) is 17.7. The summed E-state index contributed by atoms with van der Waals surface area (Å²) in [5.74, 6) is 0.566. The van der Waals surface area contributed by atoms with Gasteiger partial charge in [0.25, 0.3) is 0 Å². The molecule has 0 spiro atoms. The summed E-state index contributed by atoms with van der Waals surface area (Å²) in [7, 11) is 0. The number of aromatic nitrogens is 4. The van der Waals surface area contributed by atoms with Gasteiger partial charge in [-0.15, -0.1) is 0 Å². The van der Waals surface area contributed by atoms with Gasteiger partial charge in [-0.25, -0.2) is 4.68 Å². The highest BCUT2D eigenvalue weighted by atomic mass is 79.9. The quantitative estimate of drug-likeness (QED) is 0.599. The maximum Gasteiger partial charge on any atom is 0.246 e. The number of nitrogens with one attached hydrogen (secondary N) is 1. The average Bonchev–Trinajstić information content (AvgIpc) is 3.16. The molecule has 0 aliphatic rings. The van der Waals surface area contributed by atoms with Crippen LogP contribution in [-0.2, 0) is 18.1 Å². The summed E-state index contributed by atoms with van der Waals surface area (Å²) in [6, 6.07) is 7.53. The third-order valence-electron chi connectivity index (χ3n) is 3.43. The lowest BCUT2D eigenvalue weighted by Gasteiger charge is -2.06. The van der Waals surface area contributed by atoms with Crippen LogP contribution in [0.4, 0.5) is 5.69 Å². The second kappa shape index (κ2) is 7.83. The van der Waals surface area contributed by atoms with E-state index in [1.165, 1.54) is 0 Å². The molecule has 3 aromatic rings. The van der Waals surface area contributed by atoms with Crippen LogP contribution >= 0.6 is 31.9 Å². The second-order valence-corrected chi connectivity index (χ2v) is 7.05. The van der Waals surface area contributed by atoms with E-state index < -0.39 is 0 Å². The topological polar surface area (TPSA) is 74.0 Å². The van der Waals surface area contributed by atoms with Crippen molar-refractivity contribution < 1.29 is 9.53 Å². The van der Waals surface area contributed by atoms with Crippen LogP contribution in [0, 0.1) is 6.92 Å². The molecule has 0 saturated heterocycles. The molecule has 0 bridgehead atoms. The summed E-state index contributed by atoms with van der Waals surface area (Å²) in [6.07, 6.45) is 4.96. The van der Waals surface area contributed by atoms with Gasteiger partial charge >= 0.3 is 0 Å². The summed E-state index contributed by atoms with van der Waals surface area (Å²) < 4.78 is 10.7. The normalized spacial score (nSPS) is 10.7. The fraction of sp³-hybridized carbons (Fsp3) is 0.188. The number of amides is 1. The number of hydrogen-bond acceptors (Lipinski definition) is 4. The molecule has 0 saturated carbocycles. The van der Waals surface area contributed by atoms with Gasteiger partial charge in [0, 0.05) is 4.47 Å². The van der Waals surface area contributed by atoms with Gasteiger partial charge in [0.1, 0.15) is 12.3 Å². The Kier molecular flexibility index (Phi) is 5.54. The van der Waals surface area contributed by atoms with Gasteiger partial charge in [-0.05, 0) is 47.1 Å². The van der Waals surface area contributed by atoms with Crippen molar-refractivity contribution in [2.45, 2.75) is 20.2 Å². The van der Waals surface area contributed by atoms with Crippen LogP contribution in [0.25, 0.3) is 0 Å². The third kappa shape index (κ3) is 4.70. The number of rotatable bonds is 6. The Morgan fingerprint density at radius 3 is 2.64 bits per heavy atom. The molecule has 0 aliphatic heterocycles. The Labute approximate surface area is 161 Å². The van der Waals surface area contributed by atoms with Gasteiger partial charge < -0.3 is 10.1 Å². The van der Waals surface area contributed by atoms with E-state index in [-0.39, 0.29) is 19.2 Å². The van der Waals surface area contributed by atoms with Crippen molar-refractivity contribution in [1.29, 1.82) is 0 Å². The molecule has 7 nitrogen and oxygen atoms in total. The average molecular weight is 469 g/mol. The van der Waals surface area contributed by atoms with E-state index in [0.29, 0.717) is 5.69 Å². The van der Waals surface area contributed by atoms with Crippen LogP contribution in [0.15, 0.2) is 51.8 Å². The van der Waals surface area contributed by atoms with Gasteiger partial charge in [0.05, 0.1) is 34.4 Å². The monoisotopic (exact) mass is 467 g/mol. The number of nitrogens with zero attached hydrogens (tertiary/aromatic N) is 4. The zero-order valence-corrected chi connectivity index (χ0v) is 16.5. The van der Waals surface area contributed by atoms with Crippen LogP contribution in [0.5, 0.6) is 5.75 Å². The fourth-order valence-electron chi connectivity index (χ4n) is 2.09. The van der Waals surface area contributed by atoms with E-state index in [2.05, 4.69) is 47.4 Å². The number of ether oxygens (including phenoxy) is 1. The van der Waals surface area contributed by atoms with Crippen molar-refractivity contribution in [2.24, 2.45) is 0 Å². The summed E-state index contributed by atoms with van der Waals surface area (Å²) in [5, 5.41) is 11.1. The Bertz CT molecular complexity index is 873. The molecule has 0 radical (unpaired) electrons. The molecular formula is C16H15Br2N5O2. The van der Waals surface area contributed by atoms with Crippen molar-refractivity contribution in [2.75, 3.05) is 5.32 Å². The van der Waals surface area contributed by atoms with Crippen LogP contribution in [0.1, 0.15) is 5.69 Å². The number of carbonyl (C=O) groups is 1. The Balaban J connectivity index is 1.53. The smallest absolute Gasteiger partial charge is 0.246 e. The second-order valence-electron chi connectivity index (χ2n) is 5.28. The van der Waals surface area contributed by atoms with Crippen LogP contribution in [0.3, 0.4) is 0 Å². The lowest BCUT2D eigenvalue weighted by atomic mass is 10.3. The minimum Gasteiger partial charge on any atom is -0.471 e. The first-order valence-corrected chi connectivity index (χ1v) is 8.98. The molecule has 0 atom stereocenters. The molecule has 2 heterocycles. The molecule has 0 fully saturated rings. The van der Waals surface area contributed by atoms with Crippen molar-refractivity contribution in [3.63, 3.8) is 0 Å². The third-order valence-corrected chi connectivity index (χ3v) is 4.74. The van der Waals surface area contributed by atoms with E-state index in [1.54, 1.807) is 28.0 Å². The number of hydrogen-bond donors (Lipinski definition) is 1. The van der Waals surface area contributed by atoms with Crippen molar-refractivity contribution in [3.8, 4) is 5.75 Å². The standard InChI is InChI=1S/C16H15Br2N5O2/c1-11-15(18)7-20-23(11)9-16(24)21-13-6-19-22(8-13)10-25-14-4-2-12(17)3-5-14/h2-8H,9-10H2,1H3,(H,21,24). The van der Waals surface area contributed by atoms with Crippen molar-refractivity contribution >= 4 is 43.5 Å². The summed E-state index contributed by atoms with van der Waals surface area (Å²) in [6.45, 7) is 2.28. The minimum atomic E-state index is -0.174. The molecule has 130 valence electrons. The Morgan fingerprint density at radius 2 is 1.96 bits per heavy atom. The lowest BCUT2D eigenvalue weighted by molar-refractivity contribution is -0.116. The first-order valence-electron chi connectivity index (χ1n) is 7.40. The van der Waals surface area contributed by atoms with Gasteiger partial charge in [-0.3, -0.25) is 9.48 Å². The zero-order valence-electron chi connectivity index (χ0n) is 13.3. The SMILES string of the molecule is Cc1c(Br)cnn1CC(=O)Nc1cnn(COc2ccc(Br)cc2)c1. The van der Waals surface area contributed by atoms with Crippen LogP contribution in [-0.4, -0.2) is 25.5 Å². The fourth-order valence-corrected chi connectivity index (χ4v) is 2.65. The van der Waals surface area contributed by atoms with Crippen LogP contribution in [0.2, 0.25) is 0 Å². The number of benzene rings is 1. The molecular weight excluding hydrogens is 454 g/mol. The maximum absolute atomic E-state index is 12.1. The summed E-state index contributed by atoms with van der Waals surface area (Å²) in [5.41, 5.74) is 1.50. The van der Waals surface area contributed by atoms with Crippen molar-refractivity contribution in [1.82, 2.24) is 19.6 Å². The largest absolute Gasteiger partial charge is 0.471 e. The predicted octanol–water partition coefficient (Wildman–Crippen LogP) is 3.59. The molecule has 2 aromatic heterocycles. The number of anilines is 1. The van der Waals surface area contributed by atoms with Gasteiger partial charge in [-0.2, -0.15) is 10.2 Å². The molecule has 0 unspecified atom stereocenters. The number of carbonyl (C=O) groups excluding carboxylic acids is 1. The molecule has 25 heavy (non-hydrogen) atoms. The molecule has 0 aliphatic carbocycles. The molecule has 1 N–H and O–H groups in total. The molecule has 9 heteroatoms. The zero-order chi connectivity index (χ0) is 17.8. The maximum atomic E-state index is 12.1. The molecule has 1 aromatic carbocycles. The van der Waals surface area contributed by atoms with Gasteiger partial charge in [0.15, 0.2) is 6.73 Å². The van der Waals surface area contributed by atoms with Gasteiger partial charge in [-0.1, -0.05) is 15.9 Å². The van der Waals surface area contributed by atoms with E-state index >= 15 is 0 Å².